The van der Waals surface area contributed by atoms with Crippen LogP contribution >= 0.6 is 11.8 Å². The summed E-state index contributed by atoms with van der Waals surface area (Å²) in [6, 6.07) is 6.14. The molecule has 118 valence electrons. The van der Waals surface area contributed by atoms with Gasteiger partial charge < -0.3 is 15.7 Å². The topological polar surface area (TPSA) is 95.5 Å². The fraction of sp³-hybridized carbons (Fsp3) is 0.400. The van der Waals surface area contributed by atoms with Crippen molar-refractivity contribution in [1.82, 2.24) is 5.32 Å². The van der Waals surface area contributed by atoms with Crippen molar-refractivity contribution in [2.24, 2.45) is 5.92 Å². The number of hydrogen-bond acceptors (Lipinski definition) is 4. The van der Waals surface area contributed by atoms with Crippen molar-refractivity contribution in [2.45, 2.75) is 36.5 Å². The minimum absolute atomic E-state index is 0.283. The lowest BCUT2D eigenvalue weighted by atomic mass is 10.0. The van der Waals surface area contributed by atoms with Gasteiger partial charge in [0.15, 0.2) is 4.75 Å². The van der Waals surface area contributed by atoms with Crippen molar-refractivity contribution in [3.8, 4) is 0 Å². The Kier molecular flexibility index (Phi) is 4.46. The maximum atomic E-state index is 12.5. The van der Waals surface area contributed by atoms with Crippen LogP contribution in [0, 0.1) is 5.92 Å². The first-order valence-electron chi connectivity index (χ1n) is 6.89. The zero-order valence-electron chi connectivity index (χ0n) is 12.5. The molecule has 0 radical (unpaired) electrons. The van der Waals surface area contributed by atoms with Crippen LogP contribution in [0.4, 0.5) is 5.69 Å². The third kappa shape index (κ3) is 2.94. The van der Waals surface area contributed by atoms with E-state index in [-0.39, 0.29) is 5.92 Å². The van der Waals surface area contributed by atoms with Gasteiger partial charge in [-0.3, -0.25) is 9.59 Å². The third-order valence-electron chi connectivity index (χ3n) is 3.54. The predicted octanol–water partition coefficient (Wildman–Crippen LogP) is 1.71. The molecule has 0 saturated carbocycles. The lowest BCUT2D eigenvalue weighted by Crippen LogP contribution is -2.56. The van der Waals surface area contributed by atoms with Crippen LogP contribution < -0.4 is 10.6 Å². The van der Waals surface area contributed by atoms with Gasteiger partial charge in [-0.2, -0.15) is 0 Å². The second-order valence-corrected chi connectivity index (χ2v) is 7.08. The first kappa shape index (κ1) is 16.4. The second kappa shape index (κ2) is 6.00. The first-order chi connectivity index (χ1) is 10.3. The van der Waals surface area contributed by atoms with Crippen LogP contribution in [0.1, 0.15) is 20.8 Å². The molecule has 1 aromatic rings. The van der Waals surface area contributed by atoms with E-state index in [4.69, 9.17) is 0 Å². The van der Waals surface area contributed by atoms with Gasteiger partial charge >= 0.3 is 5.97 Å². The second-order valence-electron chi connectivity index (χ2n) is 5.62. The molecule has 2 atom stereocenters. The number of carboxylic acids is 1. The van der Waals surface area contributed by atoms with Crippen molar-refractivity contribution in [1.29, 1.82) is 0 Å². The molecule has 3 N–H and O–H groups in total. The van der Waals surface area contributed by atoms with Gasteiger partial charge in [-0.1, -0.05) is 37.7 Å². The third-order valence-corrected chi connectivity index (χ3v) is 4.89. The zero-order valence-corrected chi connectivity index (χ0v) is 13.4. The Morgan fingerprint density at radius 3 is 2.55 bits per heavy atom. The highest BCUT2D eigenvalue weighted by molar-refractivity contribution is 8.02. The summed E-state index contributed by atoms with van der Waals surface area (Å²) >= 11 is 1.12. The van der Waals surface area contributed by atoms with Crippen LogP contribution in [-0.4, -0.2) is 33.7 Å². The molecule has 0 aromatic heterocycles. The van der Waals surface area contributed by atoms with Crippen LogP contribution in [0.15, 0.2) is 29.2 Å². The molecule has 1 heterocycles. The van der Waals surface area contributed by atoms with Crippen molar-refractivity contribution >= 4 is 35.2 Å². The number of amides is 2. The molecule has 0 fully saturated rings. The highest BCUT2D eigenvalue weighted by atomic mass is 32.2. The monoisotopic (exact) mass is 322 g/mol. The van der Waals surface area contributed by atoms with Crippen LogP contribution in [0.5, 0.6) is 0 Å². The Morgan fingerprint density at radius 1 is 1.32 bits per heavy atom. The number of benzene rings is 1. The number of carboxylic acid groups (broad SMARTS) is 1. The highest BCUT2D eigenvalue weighted by Crippen LogP contribution is 2.42. The zero-order chi connectivity index (χ0) is 16.5. The molecule has 0 bridgehead atoms. The molecule has 1 aliphatic rings. The molecule has 6 nitrogen and oxygen atoms in total. The molecule has 2 unspecified atom stereocenters. The van der Waals surface area contributed by atoms with E-state index in [1.54, 1.807) is 26.0 Å². The summed E-state index contributed by atoms with van der Waals surface area (Å²) in [5, 5.41) is 14.3. The van der Waals surface area contributed by atoms with E-state index in [0.717, 1.165) is 16.7 Å². The molecule has 2 amide bonds. The molecule has 22 heavy (non-hydrogen) atoms. The molecular formula is C15H18N2O4S. The van der Waals surface area contributed by atoms with Gasteiger partial charge in [0.05, 0.1) is 5.69 Å². The number of carbonyl (C=O) groups excluding carboxylic acids is 2. The summed E-state index contributed by atoms with van der Waals surface area (Å²) in [5.41, 5.74) is 0.654. The Hall–Kier alpha value is -2.02. The number of nitrogens with one attached hydrogen (secondary N) is 2. The fourth-order valence-corrected chi connectivity index (χ4v) is 3.22. The first-order valence-corrected chi connectivity index (χ1v) is 7.70. The predicted molar refractivity (Wildman–Crippen MR) is 83.7 cm³/mol. The maximum Gasteiger partial charge on any atom is 0.326 e. The molecule has 1 aliphatic heterocycles. The molecular weight excluding hydrogens is 304 g/mol. The fourth-order valence-electron chi connectivity index (χ4n) is 2.11. The van der Waals surface area contributed by atoms with Gasteiger partial charge in [-0.15, -0.1) is 0 Å². The number of aliphatic carboxylic acids is 1. The maximum absolute atomic E-state index is 12.5. The molecule has 0 aliphatic carbocycles. The van der Waals surface area contributed by atoms with Crippen LogP contribution in [-0.2, 0) is 14.4 Å². The normalized spacial score (nSPS) is 21.7. The van der Waals surface area contributed by atoms with E-state index in [0.29, 0.717) is 5.69 Å². The number of hydrogen-bond donors (Lipinski definition) is 3. The number of anilines is 1. The van der Waals surface area contributed by atoms with Gasteiger partial charge in [-0.25, -0.2) is 4.79 Å². The van der Waals surface area contributed by atoms with Crippen molar-refractivity contribution < 1.29 is 19.5 Å². The van der Waals surface area contributed by atoms with E-state index in [1.807, 2.05) is 12.1 Å². The number of para-hydroxylation sites is 1. The van der Waals surface area contributed by atoms with Crippen LogP contribution in [0.3, 0.4) is 0 Å². The minimum Gasteiger partial charge on any atom is -0.480 e. The SMILES string of the molecule is CC(C)C(NC(=O)C1(C)Sc2ccccc2NC1=O)C(=O)O. The Labute approximate surface area is 132 Å². The summed E-state index contributed by atoms with van der Waals surface area (Å²) in [6.45, 7) is 4.90. The van der Waals surface area contributed by atoms with Crippen molar-refractivity contribution in [3.63, 3.8) is 0 Å². The molecule has 7 heteroatoms. The van der Waals surface area contributed by atoms with E-state index in [2.05, 4.69) is 10.6 Å². The highest BCUT2D eigenvalue weighted by Gasteiger charge is 2.47. The van der Waals surface area contributed by atoms with Crippen molar-refractivity contribution in [3.05, 3.63) is 24.3 Å². The Balaban J connectivity index is 2.25. The Morgan fingerprint density at radius 2 is 1.95 bits per heavy atom. The lowest BCUT2D eigenvalue weighted by molar-refractivity contribution is -0.144. The summed E-state index contributed by atoms with van der Waals surface area (Å²) in [5.74, 6) is -2.46. The van der Waals surface area contributed by atoms with Gasteiger partial charge in [0.1, 0.15) is 6.04 Å². The quantitative estimate of drug-likeness (QED) is 0.734. The van der Waals surface area contributed by atoms with Gasteiger partial charge in [0.25, 0.3) is 0 Å². The van der Waals surface area contributed by atoms with E-state index < -0.39 is 28.6 Å². The number of carbonyl (C=O) groups is 3. The lowest BCUT2D eigenvalue weighted by Gasteiger charge is -2.33. The largest absolute Gasteiger partial charge is 0.480 e. The summed E-state index contributed by atoms with van der Waals surface area (Å²) in [6.07, 6.45) is 0. The van der Waals surface area contributed by atoms with Crippen LogP contribution in [0.2, 0.25) is 0 Å². The van der Waals surface area contributed by atoms with E-state index in [1.165, 1.54) is 6.92 Å². The summed E-state index contributed by atoms with van der Waals surface area (Å²) < 4.78 is -1.41. The molecule has 2 rings (SSSR count). The summed E-state index contributed by atoms with van der Waals surface area (Å²) in [4.78, 5) is 36.8. The van der Waals surface area contributed by atoms with E-state index >= 15 is 0 Å². The number of thioether (sulfide) groups is 1. The average Bonchev–Trinajstić information content (AvgIpc) is 2.44. The minimum atomic E-state index is -1.41. The average molecular weight is 322 g/mol. The van der Waals surface area contributed by atoms with Crippen LogP contribution in [0.25, 0.3) is 0 Å². The van der Waals surface area contributed by atoms with Gasteiger partial charge in [-0.05, 0) is 25.0 Å². The molecule has 0 spiro atoms. The number of rotatable bonds is 4. The standard InChI is InChI=1S/C15H18N2O4S/c1-8(2)11(12(18)19)17-14(21)15(3)13(20)16-9-6-4-5-7-10(9)22-15/h4-8,11H,1-3H3,(H,16,20)(H,17,21)(H,18,19). The van der Waals surface area contributed by atoms with Crippen molar-refractivity contribution in [2.75, 3.05) is 5.32 Å². The number of fused-ring (bicyclic) bond motifs is 1. The van der Waals surface area contributed by atoms with E-state index in [9.17, 15) is 19.5 Å². The smallest absolute Gasteiger partial charge is 0.326 e. The Bertz CT molecular complexity index is 632. The molecule has 1 aromatic carbocycles. The van der Waals surface area contributed by atoms with Gasteiger partial charge in [0, 0.05) is 4.90 Å². The molecule has 0 saturated heterocycles. The summed E-state index contributed by atoms with van der Waals surface area (Å²) in [7, 11) is 0. The van der Waals surface area contributed by atoms with Gasteiger partial charge in [0.2, 0.25) is 11.8 Å².